The van der Waals surface area contributed by atoms with Crippen LogP contribution >= 0.6 is 0 Å². The molecule has 0 radical (unpaired) electrons. The van der Waals surface area contributed by atoms with Crippen LogP contribution in [-0.4, -0.2) is 54.4 Å². The minimum absolute atomic E-state index is 0.222. The van der Waals surface area contributed by atoms with E-state index in [2.05, 4.69) is 4.90 Å². The van der Waals surface area contributed by atoms with Crippen molar-refractivity contribution in [1.82, 2.24) is 4.90 Å². The number of aliphatic carboxylic acids is 1. The number of carboxylic acid groups (broad SMARTS) is 1. The van der Waals surface area contributed by atoms with E-state index in [4.69, 9.17) is 14.6 Å². The lowest BCUT2D eigenvalue weighted by Crippen LogP contribution is -2.32. The Morgan fingerprint density at radius 2 is 1.50 bits per heavy atom. The first kappa shape index (κ1) is 27.3. The molecule has 2 N–H and O–H groups in total. The molecule has 3 aromatic rings. The molecule has 3 aromatic carbocycles. The molecule has 1 aliphatic heterocycles. The van der Waals surface area contributed by atoms with Crippen molar-refractivity contribution in [3.8, 4) is 11.5 Å². The van der Waals surface area contributed by atoms with Crippen LogP contribution in [0.5, 0.6) is 11.5 Å². The van der Waals surface area contributed by atoms with E-state index in [9.17, 15) is 18.7 Å². The van der Waals surface area contributed by atoms with Crippen LogP contribution in [-0.2, 0) is 4.79 Å². The molecule has 1 atom stereocenters. The number of likely N-dealkylation sites (tertiary alicyclic amines) is 1. The van der Waals surface area contributed by atoms with Crippen molar-refractivity contribution >= 4 is 11.5 Å². The standard InChI is InChI=1S/C30H31F2NO5/c1-37-27-19-23(29(34)30(35)36)7-12-26(27)38-18-2-15-33-16-13-22(14-17-33)28(20-3-8-24(31)9-4-20)21-5-10-25(32)11-6-21/h3-12,19,29,34H,2,13-18H2,1H3,(H,35,36). The number of carbonyl (C=O) groups is 1. The van der Waals surface area contributed by atoms with E-state index in [1.165, 1.54) is 49.1 Å². The van der Waals surface area contributed by atoms with Gasteiger partial charge in [0.25, 0.3) is 0 Å². The molecule has 0 aromatic heterocycles. The van der Waals surface area contributed by atoms with E-state index in [0.29, 0.717) is 18.1 Å². The van der Waals surface area contributed by atoms with E-state index in [1.807, 2.05) is 0 Å². The Morgan fingerprint density at radius 3 is 2.03 bits per heavy atom. The molecular weight excluding hydrogens is 492 g/mol. The third kappa shape index (κ3) is 6.76. The topological polar surface area (TPSA) is 79.2 Å². The number of ether oxygens (including phenoxy) is 2. The van der Waals surface area contributed by atoms with Gasteiger partial charge in [-0.25, -0.2) is 13.6 Å². The van der Waals surface area contributed by atoms with Gasteiger partial charge in [0.2, 0.25) is 0 Å². The Kier molecular flexibility index (Phi) is 9.10. The summed E-state index contributed by atoms with van der Waals surface area (Å²) in [6.45, 7) is 3.03. The van der Waals surface area contributed by atoms with Crippen molar-refractivity contribution in [2.75, 3.05) is 33.4 Å². The number of rotatable bonds is 10. The minimum atomic E-state index is -1.62. The second-order valence-corrected chi connectivity index (χ2v) is 9.19. The maximum Gasteiger partial charge on any atom is 0.337 e. The van der Waals surface area contributed by atoms with Gasteiger partial charge in [0.1, 0.15) is 11.6 Å². The molecule has 8 heteroatoms. The van der Waals surface area contributed by atoms with Gasteiger partial charge in [-0.15, -0.1) is 0 Å². The van der Waals surface area contributed by atoms with Crippen LogP contribution in [0.3, 0.4) is 0 Å². The number of aliphatic hydroxyl groups excluding tert-OH is 1. The highest BCUT2D eigenvalue weighted by Gasteiger charge is 2.20. The van der Waals surface area contributed by atoms with Crippen molar-refractivity contribution in [3.63, 3.8) is 0 Å². The van der Waals surface area contributed by atoms with E-state index in [-0.39, 0.29) is 17.2 Å². The summed E-state index contributed by atoms with van der Waals surface area (Å²) < 4.78 is 38.3. The maximum atomic E-state index is 13.6. The van der Waals surface area contributed by atoms with Gasteiger partial charge >= 0.3 is 5.97 Å². The number of aliphatic hydroxyl groups is 1. The lowest BCUT2D eigenvalue weighted by molar-refractivity contribution is -0.146. The average molecular weight is 524 g/mol. The van der Waals surface area contributed by atoms with Crippen LogP contribution in [0.15, 0.2) is 72.3 Å². The lowest BCUT2D eigenvalue weighted by Gasteiger charge is -2.30. The molecule has 1 unspecified atom stereocenters. The van der Waals surface area contributed by atoms with Crippen LogP contribution in [0.25, 0.3) is 5.57 Å². The molecule has 1 saturated heterocycles. The lowest BCUT2D eigenvalue weighted by atomic mass is 9.88. The van der Waals surface area contributed by atoms with Crippen LogP contribution in [0.4, 0.5) is 8.78 Å². The summed E-state index contributed by atoms with van der Waals surface area (Å²) in [4.78, 5) is 13.4. The summed E-state index contributed by atoms with van der Waals surface area (Å²) in [6.07, 6.45) is 0.866. The normalized spacial score (nSPS) is 14.7. The summed E-state index contributed by atoms with van der Waals surface area (Å²) in [6, 6.07) is 17.5. The third-order valence-corrected chi connectivity index (χ3v) is 6.69. The van der Waals surface area contributed by atoms with Crippen LogP contribution in [0, 0.1) is 11.6 Å². The fourth-order valence-electron chi connectivity index (χ4n) is 4.69. The van der Waals surface area contributed by atoms with Gasteiger partial charge in [-0.3, -0.25) is 0 Å². The number of hydrogen-bond acceptors (Lipinski definition) is 5. The van der Waals surface area contributed by atoms with Gasteiger partial charge in [-0.2, -0.15) is 0 Å². The van der Waals surface area contributed by atoms with Crippen LogP contribution < -0.4 is 9.47 Å². The smallest absolute Gasteiger partial charge is 0.337 e. The Morgan fingerprint density at radius 1 is 0.921 bits per heavy atom. The molecule has 0 bridgehead atoms. The Bertz CT molecular complexity index is 1220. The number of benzene rings is 3. The molecule has 200 valence electrons. The van der Waals surface area contributed by atoms with E-state index in [1.54, 1.807) is 30.3 Å². The van der Waals surface area contributed by atoms with E-state index in [0.717, 1.165) is 55.6 Å². The number of nitrogens with zero attached hydrogens (tertiary/aromatic N) is 1. The van der Waals surface area contributed by atoms with Crippen LogP contribution in [0.2, 0.25) is 0 Å². The van der Waals surface area contributed by atoms with Crippen molar-refractivity contribution in [2.45, 2.75) is 25.4 Å². The van der Waals surface area contributed by atoms with Gasteiger partial charge in [0.15, 0.2) is 17.6 Å². The molecule has 0 amide bonds. The maximum absolute atomic E-state index is 13.6. The third-order valence-electron chi connectivity index (χ3n) is 6.69. The zero-order chi connectivity index (χ0) is 27.1. The van der Waals surface area contributed by atoms with Crippen LogP contribution in [0.1, 0.15) is 42.1 Å². The Balaban J connectivity index is 1.35. The molecule has 0 aliphatic carbocycles. The monoisotopic (exact) mass is 523 g/mol. The van der Waals surface area contributed by atoms with Crippen molar-refractivity contribution in [1.29, 1.82) is 0 Å². The number of carboxylic acids is 1. The van der Waals surface area contributed by atoms with Gasteiger partial charge in [-0.05, 0) is 77.9 Å². The summed E-state index contributed by atoms with van der Waals surface area (Å²) in [5.41, 5.74) is 4.37. The predicted molar refractivity (Wildman–Crippen MR) is 140 cm³/mol. The van der Waals surface area contributed by atoms with Gasteiger partial charge in [0.05, 0.1) is 13.7 Å². The molecule has 1 heterocycles. The first-order chi connectivity index (χ1) is 18.4. The van der Waals surface area contributed by atoms with Crippen molar-refractivity contribution in [3.05, 3.63) is 101 Å². The van der Waals surface area contributed by atoms with Gasteiger partial charge in [-0.1, -0.05) is 35.9 Å². The molecule has 0 saturated carbocycles. The number of piperidine rings is 1. The SMILES string of the molecule is COc1cc(C(O)C(=O)O)ccc1OCCCN1CCC(=C(c2ccc(F)cc2)c2ccc(F)cc2)CC1. The largest absolute Gasteiger partial charge is 0.493 e. The molecule has 1 aliphatic rings. The average Bonchev–Trinajstić information content (AvgIpc) is 2.93. The van der Waals surface area contributed by atoms with Crippen molar-refractivity contribution < 1.29 is 33.3 Å². The first-order valence-electron chi connectivity index (χ1n) is 12.5. The molecule has 6 nitrogen and oxygen atoms in total. The summed E-state index contributed by atoms with van der Waals surface area (Å²) in [5, 5.41) is 18.7. The first-order valence-corrected chi connectivity index (χ1v) is 12.5. The van der Waals surface area contributed by atoms with E-state index < -0.39 is 12.1 Å². The Hall–Kier alpha value is -3.75. The van der Waals surface area contributed by atoms with Gasteiger partial charge in [0, 0.05) is 19.6 Å². The Labute approximate surface area is 220 Å². The zero-order valence-corrected chi connectivity index (χ0v) is 21.2. The minimum Gasteiger partial charge on any atom is -0.493 e. The van der Waals surface area contributed by atoms with E-state index >= 15 is 0 Å². The predicted octanol–water partition coefficient (Wildman–Crippen LogP) is 5.46. The molecule has 0 spiro atoms. The fraction of sp³-hybridized carbons (Fsp3) is 0.300. The summed E-state index contributed by atoms with van der Waals surface area (Å²) in [7, 11) is 1.46. The molecular formula is C30H31F2NO5. The fourth-order valence-corrected chi connectivity index (χ4v) is 4.69. The molecule has 38 heavy (non-hydrogen) atoms. The number of methoxy groups -OCH3 is 1. The second kappa shape index (κ2) is 12.7. The zero-order valence-electron chi connectivity index (χ0n) is 21.2. The molecule has 4 rings (SSSR count). The van der Waals surface area contributed by atoms with Gasteiger partial charge < -0.3 is 24.6 Å². The summed E-state index contributed by atoms with van der Waals surface area (Å²) in [5.74, 6) is -1.06. The highest BCUT2D eigenvalue weighted by Crippen LogP contribution is 2.33. The highest BCUT2D eigenvalue weighted by molar-refractivity contribution is 5.82. The number of hydrogen-bond donors (Lipinski definition) is 2. The second-order valence-electron chi connectivity index (χ2n) is 9.19. The van der Waals surface area contributed by atoms with Crippen molar-refractivity contribution in [2.24, 2.45) is 0 Å². The number of halogens is 2. The molecule has 1 fully saturated rings. The highest BCUT2D eigenvalue weighted by atomic mass is 19.1. The quantitative estimate of drug-likeness (QED) is 0.344. The summed E-state index contributed by atoms with van der Waals surface area (Å²) >= 11 is 0.